The third-order valence-electron chi connectivity index (χ3n) is 7.47. The lowest BCUT2D eigenvalue weighted by molar-refractivity contribution is -0.0458. The summed E-state index contributed by atoms with van der Waals surface area (Å²) in [6.07, 6.45) is 1.16. The summed E-state index contributed by atoms with van der Waals surface area (Å²) >= 11 is 0. The Morgan fingerprint density at radius 3 is 2.48 bits per heavy atom. The molecule has 1 saturated carbocycles. The summed E-state index contributed by atoms with van der Waals surface area (Å²) in [5, 5.41) is 13.6. The summed E-state index contributed by atoms with van der Waals surface area (Å²) < 4.78 is 25.1. The average molecular weight is 606 g/mol. The molecule has 3 N–H and O–H groups in total. The Morgan fingerprint density at radius 2 is 1.77 bits per heavy atom. The number of urea groups is 1. The van der Waals surface area contributed by atoms with Crippen LogP contribution in [0.1, 0.15) is 82.9 Å². The van der Waals surface area contributed by atoms with Gasteiger partial charge in [0.2, 0.25) is 0 Å². The predicted molar refractivity (Wildman–Crippen MR) is 167 cm³/mol. The van der Waals surface area contributed by atoms with Crippen molar-refractivity contribution < 1.29 is 28.5 Å². The maximum absolute atomic E-state index is 13.3. The molecule has 1 aromatic heterocycles. The monoisotopic (exact) mass is 605 g/mol. The Labute approximate surface area is 258 Å². The second-order valence-corrected chi connectivity index (χ2v) is 12.6. The molecule has 236 valence electrons. The van der Waals surface area contributed by atoms with E-state index in [-0.39, 0.29) is 23.6 Å². The lowest BCUT2D eigenvalue weighted by atomic mass is 10.0. The highest BCUT2D eigenvalue weighted by Crippen LogP contribution is 2.38. The molecule has 1 aliphatic carbocycles. The largest absolute Gasteiger partial charge is 0.488 e. The molecule has 2 atom stereocenters. The van der Waals surface area contributed by atoms with Crippen LogP contribution in [-0.2, 0) is 26.4 Å². The number of hydrogen-bond acceptors (Lipinski definition) is 7. The molecule has 2 heterocycles. The molecule has 2 aliphatic rings. The predicted octanol–water partition coefficient (Wildman–Crippen LogP) is 6.68. The Hall–Kier alpha value is -4.09. The van der Waals surface area contributed by atoms with Crippen molar-refractivity contribution in [1.82, 2.24) is 15.1 Å². The van der Waals surface area contributed by atoms with Crippen LogP contribution in [0.2, 0.25) is 0 Å². The molecule has 3 amide bonds. The summed E-state index contributed by atoms with van der Waals surface area (Å²) in [5.41, 5.74) is 2.80. The topological polar surface area (TPSA) is 125 Å². The normalized spacial score (nSPS) is 18.8. The fraction of sp³-hybridized carbons (Fsp3) is 0.485. The number of amides is 3. The van der Waals surface area contributed by atoms with Crippen LogP contribution in [0.25, 0.3) is 0 Å². The summed E-state index contributed by atoms with van der Waals surface area (Å²) in [5.74, 6) is 1.33. The van der Waals surface area contributed by atoms with Gasteiger partial charge in [0.1, 0.15) is 24.3 Å². The minimum absolute atomic E-state index is 0.0174. The molecule has 5 rings (SSSR count). The van der Waals surface area contributed by atoms with E-state index >= 15 is 0 Å². The van der Waals surface area contributed by atoms with Gasteiger partial charge in [-0.2, -0.15) is 5.10 Å². The van der Waals surface area contributed by atoms with Gasteiger partial charge in [-0.05, 0) is 77.6 Å². The maximum atomic E-state index is 13.3. The first kappa shape index (κ1) is 31.3. The van der Waals surface area contributed by atoms with Crippen molar-refractivity contribution in [2.24, 2.45) is 0 Å². The van der Waals surface area contributed by atoms with Crippen LogP contribution >= 0.6 is 0 Å². The summed E-state index contributed by atoms with van der Waals surface area (Å²) in [6.45, 7) is 11.3. The second kappa shape index (κ2) is 13.7. The molecule has 0 spiro atoms. The van der Waals surface area contributed by atoms with E-state index in [4.69, 9.17) is 24.0 Å². The van der Waals surface area contributed by atoms with Gasteiger partial charge in [0.05, 0.1) is 30.0 Å². The number of carbonyl (C=O) groups excluding carboxylic acids is 2. The van der Waals surface area contributed by atoms with Gasteiger partial charge in [0.25, 0.3) is 0 Å². The van der Waals surface area contributed by atoms with Crippen molar-refractivity contribution in [2.45, 2.75) is 90.4 Å². The van der Waals surface area contributed by atoms with Gasteiger partial charge in [-0.1, -0.05) is 30.3 Å². The van der Waals surface area contributed by atoms with Gasteiger partial charge in [0.15, 0.2) is 6.29 Å². The Morgan fingerprint density at radius 1 is 1.02 bits per heavy atom. The molecule has 0 bridgehead atoms. The van der Waals surface area contributed by atoms with Crippen LogP contribution in [-0.4, -0.2) is 47.3 Å². The number of anilines is 2. The van der Waals surface area contributed by atoms with Crippen molar-refractivity contribution >= 4 is 23.6 Å². The Kier molecular flexibility index (Phi) is 9.75. The van der Waals surface area contributed by atoms with Gasteiger partial charge in [-0.15, -0.1) is 0 Å². The van der Waals surface area contributed by atoms with E-state index in [1.54, 1.807) is 6.07 Å². The molecule has 0 unspecified atom stereocenters. The molecule has 44 heavy (non-hydrogen) atoms. The van der Waals surface area contributed by atoms with E-state index in [1.165, 1.54) is 0 Å². The highest BCUT2D eigenvalue weighted by atomic mass is 16.7. The first-order chi connectivity index (χ1) is 21.0. The fourth-order valence-electron chi connectivity index (χ4n) is 5.43. The number of benzene rings is 2. The van der Waals surface area contributed by atoms with Gasteiger partial charge in [0, 0.05) is 23.7 Å². The van der Waals surface area contributed by atoms with Crippen molar-refractivity contribution in [3.05, 3.63) is 71.4 Å². The smallest absolute Gasteiger partial charge is 0.407 e. The minimum Gasteiger partial charge on any atom is -0.488 e. The minimum atomic E-state index is -0.578. The zero-order valence-corrected chi connectivity index (χ0v) is 26.1. The number of rotatable bonds is 9. The number of nitrogens with one attached hydrogen (secondary N) is 3. The third kappa shape index (κ3) is 8.09. The number of hydrogen-bond donors (Lipinski definition) is 3. The number of nitrogens with zero attached hydrogens (tertiary/aromatic N) is 2. The lowest BCUT2D eigenvalue weighted by Gasteiger charge is -2.22. The second-order valence-electron chi connectivity index (χ2n) is 12.6. The lowest BCUT2D eigenvalue weighted by Crippen LogP contribution is -2.33. The molecule has 1 saturated heterocycles. The third-order valence-corrected chi connectivity index (χ3v) is 7.47. The number of aromatic nitrogens is 2. The summed E-state index contributed by atoms with van der Waals surface area (Å²) in [7, 11) is 0. The molecular weight excluding hydrogens is 562 g/mol. The van der Waals surface area contributed by atoms with Crippen molar-refractivity contribution in [2.75, 3.05) is 23.8 Å². The van der Waals surface area contributed by atoms with Crippen molar-refractivity contribution in [1.29, 1.82) is 0 Å². The average Bonchev–Trinajstić information content (AvgIpc) is 3.74. The van der Waals surface area contributed by atoms with Gasteiger partial charge in [-0.3, -0.25) is 5.32 Å². The van der Waals surface area contributed by atoms with Crippen LogP contribution in [0.5, 0.6) is 5.75 Å². The molecular formula is C33H43N5O6. The van der Waals surface area contributed by atoms with Crippen molar-refractivity contribution in [3.8, 4) is 5.75 Å². The van der Waals surface area contributed by atoms with E-state index < -0.39 is 18.4 Å². The standard InChI is InChI=1S/C33H43N5O6/c1-21(2)34-32(40)44-25-13-11-23(17-25)27-19-29(38(37-27)33(3,4)5)36-31(39)35-24-12-14-28(26(18-24)30-41-15-16-42-30)43-20-22-9-7-6-8-10-22/h6-10,12,14,18-19,21,23,25,30H,11,13,15-17,20H2,1-5H3,(H,34,40)(H2,35,36,39)/t23-,25+/m0/s1. The Balaban J connectivity index is 1.27. The first-order valence-electron chi connectivity index (χ1n) is 15.2. The number of carbonyl (C=O) groups is 2. The van der Waals surface area contributed by atoms with Crippen LogP contribution in [0.3, 0.4) is 0 Å². The van der Waals surface area contributed by atoms with Gasteiger partial charge < -0.3 is 29.6 Å². The van der Waals surface area contributed by atoms with E-state index in [0.717, 1.165) is 24.1 Å². The molecule has 2 aromatic carbocycles. The highest BCUT2D eigenvalue weighted by Gasteiger charge is 2.32. The van der Waals surface area contributed by atoms with Gasteiger partial charge in [-0.25, -0.2) is 14.3 Å². The molecule has 11 heteroatoms. The molecule has 3 aromatic rings. The summed E-state index contributed by atoms with van der Waals surface area (Å²) in [4.78, 5) is 25.4. The number of ether oxygens (including phenoxy) is 4. The van der Waals surface area contributed by atoms with Crippen LogP contribution in [0.15, 0.2) is 54.6 Å². The van der Waals surface area contributed by atoms with E-state index in [2.05, 4.69) is 16.0 Å². The van der Waals surface area contributed by atoms with E-state index in [1.807, 2.05) is 87.8 Å². The molecule has 11 nitrogen and oxygen atoms in total. The van der Waals surface area contributed by atoms with Gasteiger partial charge >= 0.3 is 12.1 Å². The van der Waals surface area contributed by atoms with Crippen LogP contribution < -0.4 is 20.7 Å². The highest BCUT2D eigenvalue weighted by molar-refractivity contribution is 5.99. The van der Waals surface area contributed by atoms with E-state index in [9.17, 15) is 9.59 Å². The van der Waals surface area contributed by atoms with Crippen LogP contribution in [0.4, 0.5) is 21.1 Å². The zero-order valence-electron chi connectivity index (χ0n) is 26.1. The molecule has 2 fully saturated rings. The maximum Gasteiger partial charge on any atom is 0.407 e. The Bertz CT molecular complexity index is 1430. The van der Waals surface area contributed by atoms with Crippen molar-refractivity contribution in [3.63, 3.8) is 0 Å². The summed E-state index contributed by atoms with van der Waals surface area (Å²) in [6, 6.07) is 16.9. The fourth-order valence-corrected chi connectivity index (χ4v) is 5.43. The van der Waals surface area contributed by atoms with E-state index in [0.29, 0.717) is 49.1 Å². The first-order valence-corrected chi connectivity index (χ1v) is 15.2. The SMILES string of the molecule is CC(C)NC(=O)O[C@@H]1CC[C@H](c2cc(NC(=O)Nc3ccc(OCc4ccccc4)c(C4OCCO4)c3)n(C(C)(C)C)n2)C1. The quantitative estimate of drug-likeness (QED) is 0.249. The molecule has 0 radical (unpaired) electrons. The molecule has 1 aliphatic heterocycles. The number of alkyl carbamates (subject to hydrolysis) is 1. The zero-order chi connectivity index (χ0) is 31.3. The van der Waals surface area contributed by atoms with Crippen LogP contribution in [0, 0.1) is 0 Å².